The molecule has 1 N–H and O–H groups in total. The third-order valence-corrected chi connectivity index (χ3v) is 8.33. The minimum atomic E-state index is -3.99. The van der Waals surface area contributed by atoms with E-state index in [1.54, 1.807) is 53.6 Å². The van der Waals surface area contributed by atoms with Crippen LogP contribution in [0.3, 0.4) is 0 Å². The summed E-state index contributed by atoms with van der Waals surface area (Å²) in [5.41, 5.74) is 1.77. The molecule has 1 aromatic heterocycles. The van der Waals surface area contributed by atoms with Crippen molar-refractivity contribution >= 4 is 44.1 Å². The number of nitrogens with one attached hydrogen (secondary N) is 1. The number of rotatable bonds is 7. The summed E-state index contributed by atoms with van der Waals surface area (Å²) in [6, 6.07) is 17.9. The number of para-hydroxylation sites is 1. The second kappa shape index (κ2) is 11.2. The highest BCUT2D eigenvalue weighted by molar-refractivity contribution is 7.93. The molecule has 4 aromatic rings. The zero-order chi connectivity index (χ0) is 27.6. The number of pyridine rings is 1. The minimum absolute atomic E-state index is 0.0435. The highest BCUT2D eigenvalue weighted by Crippen LogP contribution is 2.30. The van der Waals surface area contributed by atoms with Gasteiger partial charge in [0.25, 0.3) is 15.9 Å². The average Bonchev–Trinajstić information content (AvgIpc) is 2.95. The first-order chi connectivity index (χ1) is 18.7. The van der Waals surface area contributed by atoms with E-state index in [9.17, 15) is 17.6 Å². The summed E-state index contributed by atoms with van der Waals surface area (Å²) in [6.07, 6.45) is 1.54. The molecule has 0 saturated carbocycles. The molecule has 39 heavy (non-hydrogen) atoms. The van der Waals surface area contributed by atoms with E-state index in [2.05, 4.69) is 14.6 Å². The monoisotopic (exact) mass is 568 g/mol. The molecule has 5 rings (SSSR count). The molecule has 3 aromatic carbocycles. The minimum Gasteiger partial charge on any atom is -0.495 e. The Morgan fingerprint density at radius 2 is 1.82 bits per heavy atom. The molecule has 0 atom stereocenters. The zero-order valence-electron chi connectivity index (χ0n) is 21.1. The van der Waals surface area contributed by atoms with Gasteiger partial charge in [0.15, 0.2) is 0 Å². The Morgan fingerprint density at radius 1 is 1.05 bits per heavy atom. The molecule has 0 aliphatic carbocycles. The Hall–Kier alpha value is -3.73. The van der Waals surface area contributed by atoms with Crippen molar-refractivity contribution in [1.82, 2.24) is 14.8 Å². The lowest BCUT2D eigenvalue weighted by molar-refractivity contribution is 0.0628. The van der Waals surface area contributed by atoms with Crippen molar-refractivity contribution in [2.75, 3.05) is 38.0 Å². The number of benzene rings is 3. The lowest BCUT2D eigenvalue weighted by atomic mass is 10.1. The fourth-order valence-electron chi connectivity index (χ4n) is 4.59. The quantitative estimate of drug-likeness (QED) is 0.344. The summed E-state index contributed by atoms with van der Waals surface area (Å²) in [5, 5.41) is 0.794. The number of hydrogen-bond acceptors (Lipinski definition) is 6. The largest absolute Gasteiger partial charge is 0.495 e. The summed E-state index contributed by atoms with van der Waals surface area (Å²) in [7, 11) is -2.57. The molecule has 1 aliphatic heterocycles. The van der Waals surface area contributed by atoms with Gasteiger partial charge < -0.3 is 9.64 Å². The Labute approximate surface area is 231 Å². The molecule has 1 aliphatic rings. The SMILES string of the molecule is COc1cc(C(=O)N2CCN(Cc3ccc(Cl)c(F)c3)CC2)ccc1NS(=O)(=O)c1cccc2cccnc12. The summed E-state index contributed by atoms with van der Waals surface area (Å²) < 4.78 is 48.2. The van der Waals surface area contributed by atoms with Crippen LogP contribution in [0.1, 0.15) is 15.9 Å². The highest BCUT2D eigenvalue weighted by atomic mass is 35.5. The van der Waals surface area contributed by atoms with Crippen LogP contribution >= 0.6 is 11.6 Å². The van der Waals surface area contributed by atoms with Gasteiger partial charge in [0.05, 0.1) is 23.3 Å². The summed E-state index contributed by atoms with van der Waals surface area (Å²) in [6.45, 7) is 2.82. The van der Waals surface area contributed by atoms with E-state index < -0.39 is 15.8 Å². The first-order valence-corrected chi connectivity index (χ1v) is 14.1. The topological polar surface area (TPSA) is 91.8 Å². The molecular weight excluding hydrogens is 543 g/mol. The number of piperazine rings is 1. The van der Waals surface area contributed by atoms with Crippen molar-refractivity contribution in [3.63, 3.8) is 0 Å². The van der Waals surface area contributed by atoms with E-state index >= 15 is 0 Å². The fourth-order valence-corrected chi connectivity index (χ4v) is 5.96. The van der Waals surface area contributed by atoms with Crippen molar-refractivity contribution < 1.29 is 22.3 Å². The van der Waals surface area contributed by atoms with Gasteiger partial charge in [0, 0.05) is 49.9 Å². The van der Waals surface area contributed by atoms with E-state index in [0.29, 0.717) is 49.2 Å². The van der Waals surface area contributed by atoms with E-state index in [1.165, 1.54) is 31.4 Å². The van der Waals surface area contributed by atoms with Gasteiger partial charge >= 0.3 is 0 Å². The number of anilines is 1. The van der Waals surface area contributed by atoms with Crippen LogP contribution in [0.2, 0.25) is 5.02 Å². The van der Waals surface area contributed by atoms with E-state index in [1.807, 2.05) is 0 Å². The number of carbonyl (C=O) groups is 1. The molecule has 0 unspecified atom stereocenters. The van der Waals surface area contributed by atoms with Gasteiger partial charge in [-0.15, -0.1) is 0 Å². The second-order valence-electron chi connectivity index (χ2n) is 9.17. The smallest absolute Gasteiger partial charge is 0.264 e. The summed E-state index contributed by atoms with van der Waals surface area (Å²) in [4.78, 5) is 21.4. The third kappa shape index (κ3) is 5.83. The Balaban J connectivity index is 1.27. The Bertz CT molecular complexity index is 1640. The van der Waals surface area contributed by atoms with Gasteiger partial charge in [0.1, 0.15) is 16.5 Å². The van der Waals surface area contributed by atoms with Gasteiger partial charge in [-0.25, -0.2) is 12.8 Å². The molecule has 11 heteroatoms. The predicted molar refractivity (Wildman–Crippen MR) is 148 cm³/mol. The number of ether oxygens (including phenoxy) is 1. The number of sulfonamides is 1. The lowest BCUT2D eigenvalue weighted by Gasteiger charge is -2.35. The third-order valence-electron chi connectivity index (χ3n) is 6.63. The molecule has 1 amide bonds. The number of carbonyl (C=O) groups excluding carboxylic acids is 1. The molecule has 2 heterocycles. The van der Waals surface area contributed by atoms with Crippen molar-refractivity contribution in [1.29, 1.82) is 0 Å². The standard InChI is InChI=1S/C28H26ClFN4O4S/c1-38-25-17-21(28(35)34-14-12-33(13-15-34)18-19-7-9-22(29)23(30)16-19)8-10-24(25)32-39(36,37)26-6-2-4-20-5-3-11-31-27(20)26/h2-11,16-17,32H,12-15,18H2,1H3. The molecule has 8 nitrogen and oxygen atoms in total. The van der Waals surface area contributed by atoms with Crippen molar-refractivity contribution in [3.8, 4) is 5.75 Å². The number of halogens is 2. The number of fused-ring (bicyclic) bond motifs is 1. The van der Waals surface area contributed by atoms with Gasteiger partial charge in [-0.3, -0.25) is 19.4 Å². The first-order valence-electron chi connectivity index (χ1n) is 12.3. The number of amides is 1. The lowest BCUT2D eigenvalue weighted by Crippen LogP contribution is -2.48. The first kappa shape index (κ1) is 26.9. The average molecular weight is 569 g/mol. The van der Waals surface area contributed by atoms with Gasteiger partial charge in [-0.05, 0) is 48.0 Å². The number of methoxy groups -OCH3 is 1. The maximum absolute atomic E-state index is 13.8. The normalized spacial score (nSPS) is 14.4. The number of nitrogens with zero attached hydrogens (tertiary/aromatic N) is 3. The molecular formula is C28H26ClFN4O4S. The van der Waals surface area contributed by atoms with Crippen LogP contribution in [-0.2, 0) is 16.6 Å². The highest BCUT2D eigenvalue weighted by Gasteiger charge is 2.25. The van der Waals surface area contributed by atoms with Crippen LogP contribution in [0.4, 0.5) is 10.1 Å². The van der Waals surface area contributed by atoms with E-state index in [-0.39, 0.29) is 27.3 Å². The fraction of sp³-hybridized carbons (Fsp3) is 0.214. The molecule has 1 fully saturated rings. The number of aromatic nitrogens is 1. The van der Waals surface area contributed by atoms with Gasteiger partial charge in [-0.2, -0.15) is 0 Å². The molecule has 1 saturated heterocycles. The van der Waals surface area contributed by atoms with Crippen LogP contribution in [0.15, 0.2) is 77.8 Å². The van der Waals surface area contributed by atoms with Gasteiger partial charge in [-0.1, -0.05) is 35.9 Å². The van der Waals surface area contributed by atoms with Crippen LogP contribution < -0.4 is 9.46 Å². The summed E-state index contributed by atoms with van der Waals surface area (Å²) >= 11 is 5.77. The zero-order valence-corrected chi connectivity index (χ0v) is 22.7. The van der Waals surface area contributed by atoms with Crippen LogP contribution in [-0.4, -0.2) is 62.4 Å². The molecule has 0 spiro atoms. The Kier molecular flexibility index (Phi) is 7.69. The van der Waals surface area contributed by atoms with Crippen LogP contribution in [0.25, 0.3) is 10.9 Å². The van der Waals surface area contributed by atoms with E-state index in [0.717, 1.165) is 5.56 Å². The van der Waals surface area contributed by atoms with E-state index in [4.69, 9.17) is 16.3 Å². The molecule has 202 valence electrons. The number of hydrogen-bond donors (Lipinski definition) is 1. The van der Waals surface area contributed by atoms with Gasteiger partial charge in [0.2, 0.25) is 0 Å². The maximum Gasteiger partial charge on any atom is 0.264 e. The van der Waals surface area contributed by atoms with Crippen LogP contribution in [0, 0.1) is 5.82 Å². The Morgan fingerprint density at radius 3 is 2.56 bits per heavy atom. The molecule has 0 bridgehead atoms. The summed E-state index contributed by atoms with van der Waals surface area (Å²) in [5.74, 6) is -0.407. The molecule has 0 radical (unpaired) electrons. The van der Waals surface area contributed by atoms with Crippen molar-refractivity contribution in [2.45, 2.75) is 11.4 Å². The van der Waals surface area contributed by atoms with Crippen molar-refractivity contribution in [2.24, 2.45) is 0 Å². The van der Waals surface area contributed by atoms with Crippen molar-refractivity contribution in [3.05, 3.63) is 94.9 Å². The maximum atomic E-state index is 13.8. The van der Waals surface area contributed by atoms with Crippen LogP contribution in [0.5, 0.6) is 5.75 Å². The second-order valence-corrected chi connectivity index (χ2v) is 11.2. The predicted octanol–water partition coefficient (Wildman–Crippen LogP) is 4.79.